The molecular weight excluding hydrogens is 564 g/mol. The van der Waals surface area contributed by atoms with Gasteiger partial charge in [-0.2, -0.15) is 0 Å². The highest BCUT2D eigenvalue weighted by molar-refractivity contribution is 9.10. The SMILES string of the molecule is CCCCN(CC(=O)N1c2ccccc2-n2cccc2C1c1ccc(Cl)cc1)C(=O)Nc1cccc(Br)c1. The van der Waals surface area contributed by atoms with Crippen LogP contribution in [-0.4, -0.2) is 34.5 Å². The van der Waals surface area contributed by atoms with Crippen molar-refractivity contribution in [2.24, 2.45) is 0 Å². The molecule has 0 bridgehead atoms. The zero-order valence-corrected chi connectivity index (χ0v) is 23.3. The number of hydrogen-bond donors (Lipinski definition) is 1. The Balaban J connectivity index is 1.50. The molecule has 3 aromatic carbocycles. The van der Waals surface area contributed by atoms with Crippen molar-refractivity contribution in [2.75, 3.05) is 23.3 Å². The lowest BCUT2D eigenvalue weighted by molar-refractivity contribution is -0.119. The van der Waals surface area contributed by atoms with Gasteiger partial charge in [-0.25, -0.2) is 4.79 Å². The molecule has 194 valence electrons. The smallest absolute Gasteiger partial charge is 0.316 e. The van der Waals surface area contributed by atoms with Gasteiger partial charge >= 0.3 is 6.03 Å². The highest BCUT2D eigenvalue weighted by Crippen LogP contribution is 2.42. The van der Waals surface area contributed by atoms with E-state index >= 15 is 0 Å². The van der Waals surface area contributed by atoms with E-state index < -0.39 is 0 Å². The van der Waals surface area contributed by atoms with Crippen LogP contribution in [0, 0.1) is 0 Å². The summed E-state index contributed by atoms with van der Waals surface area (Å²) in [5.74, 6) is -0.162. The van der Waals surface area contributed by atoms with Gasteiger partial charge in [0.05, 0.1) is 17.1 Å². The van der Waals surface area contributed by atoms with Crippen molar-refractivity contribution in [3.05, 3.63) is 112 Å². The van der Waals surface area contributed by atoms with Crippen LogP contribution in [0.5, 0.6) is 0 Å². The van der Waals surface area contributed by atoms with Crippen LogP contribution in [0.15, 0.2) is 95.6 Å². The van der Waals surface area contributed by atoms with Crippen molar-refractivity contribution in [1.82, 2.24) is 9.47 Å². The highest BCUT2D eigenvalue weighted by Gasteiger charge is 2.37. The number of benzene rings is 3. The molecule has 1 N–H and O–H groups in total. The van der Waals surface area contributed by atoms with Gasteiger partial charge in [-0.1, -0.05) is 71.2 Å². The van der Waals surface area contributed by atoms with Crippen molar-refractivity contribution in [2.45, 2.75) is 25.8 Å². The summed E-state index contributed by atoms with van der Waals surface area (Å²) in [5.41, 5.74) is 4.29. The lowest BCUT2D eigenvalue weighted by atomic mass is 9.97. The first-order valence-corrected chi connectivity index (χ1v) is 13.8. The van der Waals surface area contributed by atoms with Gasteiger partial charge in [0, 0.05) is 27.9 Å². The largest absolute Gasteiger partial charge is 0.322 e. The van der Waals surface area contributed by atoms with Gasteiger partial charge in [0.1, 0.15) is 12.6 Å². The van der Waals surface area contributed by atoms with Crippen LogP contribution in [0.2, 0.25) is 5.02 Å². The summed E-state index contributed by atoms with van der Waals surface area (Å²) in [6.45, 7) is 2.48. The minimum atomic E-state index is -0.370. The van der Waals surface area contributed by atoms with Gasteiger partial charge in [-0.05, 0) is 66.6 Å². The summed E-state index contributed by atoms with van der Waals surface area (Å²) in [7, 11) is 0. The normalized spacial score (nSPS) is 14.0. The number of anilines is 2. The Morgan fingerprint density at radius 3 is 2.47 bits per heavy atom. The molecule has 0 saturated carbocycles. The maximum Gasteiger partial charge on any atom is 0.322 e. The maximum atomic E-state index is 14.2. The van der Waals surface area contributed by atoms with Crippen LogP contribution >= 0.6 is 27.5 Å². The molecule has 0 fully saturated rings. The second-order valence-corrected chi connectivity index (χ2v) is 10.6. The van der Waals surface area contributed by atoms with Crippen LogP contribution in [0.1, 0.15) is 37.1 Å². The molecule has 1 aliphatic heterocycles. The topological polar surface area (TPSA) is 57.6 Å². The molecule has 0 radical (unpaired) electrons. The molecule has 1 aromatic heterocycles. The Labute approximate surface area is 235 Å². The minimum Gasteiger partial charge on any atom is -0.316 e. The van der Waals surface area contributed by atoms with E-state index in [0.29, 0.717) is 17.3 Å². The second kappa shape index (κ2) is 11.5. The summed E-state index contributed by atoms with van der Waals surface area (Å²) >= 11 is 9.64. The molecule has 38 heavy (non-hydrogen) atoms. The van der Waals surface area contributed by atoms with E-state index in [1.54, 1.807) is 4.90 Å². The molecule has 4 aromatic rings. The van der Waals surface area contributed by atoms with Gasteiger partial charge in [0.25, 0.3) is 0 Å². The molecule has 3 amide bonds. The lowest BCUT2D eigenvalue weighted by Gasteiger charge is -2.39. The Morgan fingerprint density at radius 2 is 1.74 bits per heavy atom. The molecular formula is C30H28BrClN4O2. The van der Waals surface area contributed by atoms with Gasteiger partial charge in [0.15, 0.2) is 0 Å². The third kappa shape index (κ3) is 5.35. The predicted octanol–water partition coefficient (Wildman–Crippen LogP) is 7.66. The Bertz CT molecular complexity index is 1450. The summed E-state index contributed by atoms with van der Waals surface area (Å²) in [6, 6.07) is 26.2. The number of carbonyl (C=O) groups excluding carboxylic acids is 2. The lowest BCUT2D eigenvalue weighted by Crippen LogP contribution is -2.48. The van der Waals surface area contributed by atoms with Gasteiger partial charge in [-0.15, -0.1) is 0 Å². The van der Waals surface area contributed by atoms with E-state index in [2.05, 4.69) is 32.7 Å². The van der Waals surface area contributed by atoms with Crippen molar-refractivity contribution in [1.29, 1.82) is 0 Å². The fourth-order valence-corrected chi connectivity index (χ4v) is 5.36. The van der Waals surface area contributed by atoms with E-state index in [9.17, 15) is 9.59 Å². The molecule has 2 heterocycles. The van der Waals surface area contributed by atoms with Gasteiger partial charge in [0.2, 0.25) is 5.91 Å². The number of hydrogen-bond acceptors (Lipinski definition) is 2. The zero-order valence-electron chi connectivity index (χ0n) is 21.0. The number of halogens is 2. The van der Waals surface area contributed by atoms with Crippen molar-refractivity contribution in [3.63, 3.8) is 0 Å². The highest BCUT2D eigenvalue weighted by atomic mass is 79.9. The number of nitrogens with zero attached hydrogens (tertiary/aromatic N) is 3. The Hall–Kier alpha value is -3.55. The third-order valence-corrected chi connectivity index (χ3v) is 7.39. The standard InChI is InChI=1S/C30H28BrClN4O2/c1-2-3-17-34(30(38)33-24-9-6-8-22(31)19-24)20-28(37)36-26-11-5-4-10-25(26)35-18-7-12-27(35)29(36)21-13-15-23(32)16-14-21/h4-16,18-19,29H,2-3,17,20H2,1H3,(H,33,38). The third-order valence-electron chi connectivity index (χ3n) is 6.64. The molecule has 0 saturated heterocycles. The first kappa shape index (κ1) is 26.1. The van der Waals surface area contributed by atoms with E-state index in [1.165, 1.54) is 0 Å². The van der Waals surface area contributed by atoms with E-state index in [4.69, 9.17) is 11.6 Å². The number of urea groups is 1. The molecule has 5 rings (SSSR count). The quantitative estimate of drug-likeness (QED) is 0.240. The summed E-state index contributed by atoms with van der Waals surface area (Å²) in [4.78, 5) is 31.0. The summed E-state index contributed by atoms with van der Waals surface area (Å²) in [6.07, 6.45) is 3.71. The number of aromatic nitrogens is 1. The molecule has 0 spiro atoms. The fraction of sp³-hybridized carbons (Fsp3) is 0.200. The first-order chi connectivity index (χ1) is 18.5. The monoisotopic (exact) mass is 590 g/mol. The molecule has 1 atom stereocenters. The van der Waals surface area contributed by atoms with E-state index in [1.807, 2.05) is 96.0 Å². The number of amides is 3. The number of fused-ring (bicyclic) bond motifs is 3. The number of unbranched alkanes of at least 4 members (excludes halogenated alkanes) is 1. The van der Waals surface area contributed by atoms with Crippen LogP contribution in [0.4, 0.5) is 16.2 Å². The Kier molecular flexibility index (Phi) is 7.86. The number of carbonyl (C=O) groups is 2. The van der Waals surface area contributed by atoms with Gasteiger partial charge in [-0.3, -0.25) is 9.69 Å². The first-order valence-electron chi connectivity index (χ1n) is 12.6. The molecule has 0 aliphatic carbocycles. The van der Waals surface area contributed by atoms with Crippen LogP contribution in [0.3, 0.4) is 0 Å². The zero-order chi connectivity index (χ0) is 26.6. The predicted molar refractivity (Wildman–Crippen MR) is 156 cm³/mol. The maximum absolute atomic E-state index is 14.2. The molecule has 1 aliphatic rings. The molecule has 1 unspecified atom stereocenters. The van der Waals surface area contributed by atoms with Crippen LogP contribution in [0.25, 0.3) is 5.69 Å². The average molecular weight is 592 g/mol. The van der Waals surface area contributed by atoms with E-state index in [-0.39, 0.29) is 24.5 Å². The minimum absolute atomic E-state index is 0.0566. The number of nitrogens with one attached hydrogen (secondary N) is 1. The van der Waals surface area contributed by atoms with Crippen LogP contribution < -0.4 is 10.2 Å². The number of para-hydroxylation sites is 2. The second-order valence-electron chi connectivity index (χ2n) is 9.23. The average Bonchev–Trinajstić information content (AvgIpc) is 3.41. The summed E-state index contributed by atoms with van der Waals surface area (Å²) < 4.78 is 2.98. The van der Waals surface area contributed by atoms with Gasteiger partial charge < -0.3 is 14.8 Å². The van der Waals surface area contributed by atoms with Crippen LogP contribution in [-0.2, 0) is 4.79 Å². The van der Waals surface area contributed by atoms with Crippen molar-refractivity contribution in [3.8, 4) is 5.69 Å². The van der Waals surface area contributed by atoms with E-state index in [0.717, 1.165) is 39.9 Å². The summed E-state index contributed by atoms with van der Waals surface area (Å²) in [5, 5.41) is 3.58. The number of rotatable bonds is 7. The fourth-order valence-electron chi connectivity index (χ4n) is 4.83. The molecule has 8 heteroatoms. The Morgan fingerprint density at radius 1 is 0.974 bits per heavy atom. The molecule has 6 nitrogen and oxygen atoms in total. The van der Waals surface area contributed by atoms with Crippen molar-refractivity contribution < 1.29 is 9.59 Å². The van der Waals surface area contributed by atoms with Crippen molar-refractivity contribution >= 4 is 50.8 Å².